The summed E-state index contributed by atoms with van der Waals surface area (Å²) in [7, 11) is 0. The maximum Gasteiger partial charge on any atom is 0.244 e. The number of unbranched alkanes of at least 4 members (excludes halogenated alkanes) is 2. The summed E-state index contributed by atoms with van der Waals surface area (Å²) in [5.74, 6) is -1.34. The summed E-state index contributed by atoms with van der Waals surface area (Å²) >= 11 is 1.69. The van der Waals surface area contributed by atoms with Gasteiger partial charge in [0.2, 0.25) is 17.7 Å². The van der Waals surface area contributed by atoms with Gasteiger partial charge >= 0.3 is 0 Å². The number of thioether (sulfide) groups is 1. The maximum absolute atomic E-state index is 13.8. The van der Waals surface area contributed by atoms with Crippen molar-refractivity contribution in [2.45, 2.75) is 67.9 Å². The molecule has 7 nitrogen and oxygen atoms in total. The summed E-state index contributed by atoms with van der Waals surface area (Å²) in [6, 6.07) is 8.75. The molecule has 0 aliphatic carbocycles. The predicted octanol–water partition coefficient (Wildman–Crippen LogP) is 2.80. The number of rotatable bonds is 10. The van der Waals surface area contributed by atoms with Crippen molar-refractivity contribution in [2.75, 3.05) is 25.0 Å². The summed E-state index contributed by atoms with van der Waals surface area (Å²) in [4.78, 5) is 42.5. The van der Waals surface area contributed by atoms with Gasteiger partial charge in [0.15, 0.2) is 0 Å². The van der Waals surface area contributed by atoms with Gasteiger partial charge in [-0.15, -0.1) is 11.8 Å². The Balaban J connectivity index is 1.64. The monoisotopic (exact) mass is 473 g/mol. The first kappa shape index (κ1) is 24.1. The van der Waals surface area contributed by atoms with Crippen LogP contribution in [0.15, 0.2) is 30.3 Å². The molecule has 33 heavy (non-hydrogen) atoms. The van der Waals surface area contributed by atoms with E-state index in [0.717, 1.165) is 25.7 Å². The van der Waals surface area contributed by atoms with E-state index in [0.29, 0.717) is 31.6 Å². The molecule has 1 aromatic rings. The molecule has 3 amide bonds. The number of fused-ring (bicyclic) bond motifs is 1. The summed E-state index contributed by atoms with van der Waals surface area (Å²) < 4.78 is -0.960. The second-order valence-corrected chi connectivity index (χ2v) is 11.6. The molecule has 5 atom stereocenters. The van der Waals surface area contributed by atoms with Gasteiger partial charge in [0.1, 0.15) is 6.04 Å². The zero-order valence-electron chi connectivity index (χ0n) is 19.5. The van der Waals surface area contributed by atoms with Crippen LogP contribution in [0.1, 0.15) is 52.4 Å². The van der Waals surface area contributed by atoms with Gasteiger partial charge < -0.3 is 20.6 Å². The van der Waals surface area contributed by atoms with Gasteiger partial charge in [0, 0.05) is 30.1 Å². The number of hydrogen-bond donors (Lipinski definition) is 3. The van der Waals surface area contributed by atoms with E-state index in [1.165, 1.54) is 0 Å². The molecule has 2 bridgehead atoms. The quantitative estimate of drug-likeness (QED) is 0.454. The highest BCUT2D eigenvalue weighted by molar-refractivity contribution is 8.02. The lowest BCUT2D eigenvalue weighted by Crippen LogP contribution is -2.54. The predicted molar refractivity (Wildman–Crippen MR) is 130 cm³/mol. The van der Waals surface area contributed by atoms with Crippen LogP contribution in [0.5, 0.6) is 0 Å². The van der Waals surface area contributed by atoms with Crippen LogP contribution in [0.4, 0.5) is 5.69 Å². The molecule has 1 aromatic carbocycles. The molecule has 3 N–H and O–H groups in total. The van der Waals surface area contributed by atoms with Crippen molar-refractivity contribution in [1.29, 1.82) is 0 Å². The third-order valence-corrected chi connectivity index (χ3v) is 9.47. The lowest BCUT2D eigenvalue weighted by atomic mass is 9.66. The minimum absolute atomic E-state index is 0.0545. The van der Waals surface area contributed by atoms with Crippen LogP contribution in [0, 0.1) is 11.8 Å². The van der Waals surface area contributed by atoms with Gasteiger partial charge in [-0.25, -0.2) is 0 Å². The Morgan fingerprint density at radius 2 is 1.91 bits per heavy atom. The van der Waals surface area contributed by atoms with Gasteiger partial charge in [-0.3, -0.25) is 14.4 Å². The van der Waals surface area contributed by atoms with E-state index in [4.69, 9.17) is 0 Å². The number of aliphatic hydroxyl groups excluding tert-OH is 1. The molecule has 1 spiro atoms. The van der Waals surface area contributed by atoms with Crippen molar-refractivity contribution in [1.82, 2.24) is 10.2 Å². The van der Waals surface area contributed by atoms with Gasteiger partial charge in [-0.2, -0.15) is 0 Å². The van der Waals surface area contributed by atoms with Crippen molar-refractivity contribution in [2.24, 2.45) is 11.8 Å². The lowest BCUT2D eigenvalue weighted by Gasteiger charge is -2.34. The number of amides is 3. The molecular formula is C25H35N3O4S. The molecular weight excluding hydrogens is 438 g/mol. The Morgan fingerprint density at radius 3 is 2.61 bits per heavy atom. The minimum atomic E-state index is -0.583. The molecule has 2 unspecified atom stereocenters. The molecule has 3 aliphatic rings. The number of benzene rings is 1. The van der Waals surface area contributed by atoms with Gasteiger partial charge in [0.05, 0.1) is 16.6 Å². The molecule has 3 aliphatic heterocycles. The standard InChI is InChI=1S/C25H35N3O4S/c1-3-4-14-26-22(31)20-25-13-12-24(2,33-25)18(21(30)27-17-10-6-5-7-11-17)19(25)23(32)28(20)15-8-9-16-29/h5-7,10-11,18-20,29H,3-4,8-9,12-16H2,1-2H3,(H,26,31)(H,27,30)/t18-,19+,20?,24+,25?/m1/s1. The smallest absolute Gasteiger partial charge is 0.244 e. The molecule has 3 heterocycles. The van der Waals surface area contributed by atoms with E-state index in [2.05, 4.69) is 24.5 Å². The Morgan fingerprint density at radius 1 is 1.15 bits per heavy atom. The van der Waals surface area contributed by atoms with Crippen molar-refractivity contribution < 1.29 is 19.5 Å². The van der Waals surface area contributed by atoms with E-state index in [-0.39, 0.29) is 29.1 Å². The Hall–Kier alpha value is -2.06. The number of carbonyl (C=O) groups is 3. The van der Waals surface area contributed by atoms with Crippen LogP contribution < -0.4 is 10.6 Å². The Labute approximate surface area is 200 Å². The van der Waals surface area contributed by atoms with E-state index in [1.54, 1.807) is 16.7 Å². The summed E-state index contributed by atoms with van der Waals surface area (Å²) in [6.07, 6.45) is 4.63. The number of likely N-dealkylation sites (tertiary alicyclic amines) is 1. The Bertz CT molecular complexity index is 897. The third kappa shape index (κ3) is 4.16. The van der Waals surface area contributed by atoms with Gasteiger partial charge in [-0.05, 0) is 51.2 Å². The van der Waals surface area contributed by atoms with Crippen molar-refractivity contribution in [3.63, 3.8) is 0 Å². The second-order valence-electron chi connectivity index (χ2n) is 9.69. The highest BCUT2D eigenvalue weighted by Crippen LogP contribution is 2.71. The SMILES string of the molecule is CCCCNC(=O)C1N(CCCCO)C(=O)[C@@H]2[C@H](C(=O)Nc3ccccc3)[C@]3(C)CCC12S3. The fraction of sp³-hybridized carbons (Fsp3) is 0.640. The van der Waals surface area contributed by atoms with E-state index >= 15 is 0 Å². The highest BCUT2D eigenvalue weighted by Gasteiger charge is 2.76. The molecule has 8 heteroatoms. The van der Waals surface area contributed by atoms with Gasteiger partial charge in [-0.1, -0.05) is 31.5 Å². The first-order valence-corrected chi connectivity index (χ1v) is 12.9. The molecule has 0 aromatic heterocycles. The van der Waals surface area contributed by atoms with E-state index in [1.807, 2.05) is 30.3 Å². The summed E-state index contributed by atoms with van der Waals surface area (Å²) in [5, 5.41) is 15.3. The average molecular weight is 474 g/mol. The number of nitrogens with one attached hydrogen (secondary N) is 2. The number of anilines is 1. The van der Waals surface area contributed by atoms with Crippen molar-refractivity contribution >= 4 is 35.2 Å². The zero-order valence-corrected chi connectivity index (χ0v) is 20.3. The fourth-order valence-electron chi connectivity index (χ4n) is 5.99. The van der Waals surface area contributed by atoms with Crippen molar-refractivity contribution in [3.8, 4) is 0 Å². The second kappa shape index (κ2) is 9.66. The topological polar surface area (TPSA) is 98.7 Å². The van der Waals surface area contributed by atoms with Crippen LogP contribution in [-0.2, 0) is 14.4 Å². The number of carbonyl (C=O) groups excluding carboxylic acids is 3. The highest BCUT2D eigenvalue weighted by atomic mass is 32.2. The Kier molecular flexibility index (Phi) is 7.05. The molecule has 0 saturated carbocycles. The molecule has 0 radical (unpaired) electrons. The summed E-state index contributed by atoms with van der Waals surface area (Å²) in [5.41, 5.74) is 0.715. The maximum atomic E-state index is 13.8. The van der Waals surface area contributed by atoms with Crippen LogP contribution >= 0.6 is 11.8 Å². The first-order valence-electron chi connectivity index (χ1n) is 12.1. The van der Waals surface area contributed by atoms with E-state index < -0.39 is 22.6 Å². The van der Waals surface area contributed by atoms with Crippen LogP contribution in [-0.4, -0.2) is 63.0 Å². The lowest BCUT2D eigenvalue weighted by molar-refractivity contribution is -0.139. The first-order chi connectivity index (χ1) is 15.9. The average Bonchev–Trinajstić information content (AvgIpc) is 3.36. The van der Waals surface area contributed by atoms with Crippen LogP contribution in [0.2, 0.25) is 0 Å². The fourth-order valence-corrected chi connectivity index (χ4v) is 8.34. The number of nitrogens with zero attached hydrogens (tertiary/aromatic N) is 1. The molecule has 3 saturated heterocycles. The molecule has 4 rings (SSSR count). The third-order valence-electron chi connectivity index (χ3n) is 7.49. The number of aliphatic hydroxyl groups is 1. The largest absolute Gasteiger partial charge is 0.396 e. The number of hydrogen-bond acceptors (Lipinski definition) is 5. The molecule has 3 fully saturated rings. The van der Waals surface area contributed by atoms with Gasteiger partial charge in [0.25, 0.3) is 0 Å². The normalized spacial score (nSPS) is 32.2. The van der Waals surface area contributed by atoms with Crippen LogP contribution in [0.3, 0.4) is 0 Å². The minimum Gasteiger partial charge on any atom is -0.396 e. The molecule has 180 valence electrons. The zero-order chi connectivity index (χ0) is 23.6. The number of para-hydroxylation sites is 1. The van der Waals surface area contributed by atoms with Crippen LogP contribution in [0.25, 0.3) is 0 Å². The summed E-state index contributed by atoms with van der Waals surface area (Å²) in [6.45, 7) is 5.22. The van der Waals surface area contributed by atoms with E-state index in [9.17, 15) is 19.5 Å². The van der Waals surface area contributed by atoms with Crippen molar-refractivity contribution in [3.05, 3.63) is 30.3 Å².